The normalized spacial score (nSPS) is 23.2. The van der Waals surface area contributed by atoms with Gasteiger partial charge in [0.05, 0.1) is 43.0 Å². The first-order valence-electron chi connectivity index (χ1n) is 11.0. The summed E-state index contributed by atoms with van der Waals surface area (Å²) < 4.78 is 11.0. The van der Waals surface area contributed by atoms with E-state index in [9.17, 15) is 4.79 Å². The van der Waals surface area contributed by atoms with Crippen molar-refractivity contribution in [2.75, 3.05) is 62.8 Å². The summed E-state index contributed by atoms with van der Waals surface area (Å²) in [5.41, 5.74) is 3.45. The quantitative estimate of drug-likeness (QED) is 0.732. The van der Waals surface area contributed by atoms with Crippen LogP contribution in [0.3, 0.4) is 0 Å². The Morgan fingerprint density at radius 1 is 1.06 bits per heavy atom. The number of amides is 1. The molecule has 1 amide bonds. The molecule has 6 nitrogen and oxygen atoms in total. The van der Waals surface area contributed by atoms with Crippen LogP contribution in [0.1, 0.15) is 5.56 Å². The summed E-state index contributed by atoms with van der Waals surface area (Å²) in [4.78, 5) is 20.3. The Balaban J connectivity index is 1.49. The molecule has 164 valence electrons. The summed E-state index contributed by atoms with van der Waals surface area (Å²) in [6.45, 7) is 5.04. The van der Waals surface area contributed by atoms with Crippen molar-refractivity contribution in [1.29, 1.82) is 0 Å². The van der Waals surface area contributed by atoms with Crippen LogP contribution in [-0.4, -0.2) is 69.9 Å². The van der Waals surface area contributed by atoms with Gasteiger partial charge in [0.25, 0.3) is 0 Å². The number of fused-ring (bicyclic) bond motifs is 3. The Morgan fingerprint density at radius 2 is 1.87 bits per heavy atom. The van der Waals surface area contributed by atoms with Crippen LogP contribution in [0.15, 0.2) is 42.5 Å². The molecule has 0 bridgehead atoms. The fraction of sp³-hybridized carbons (Fsp3) is 0.458. The van der Waals surface area contributed by atoms with Crippen LogP contribution in [0.4, 0.5) is 11.4 Å². The number of piperazine rings is 1. The van der Waals surface area contributed by atoms with Gasteiger partial charge in [-0.3, -0.25) is 4.79 Å². The summed E-state index contributed by atoms with van der Waals surface area (Å²) >= 11 is 6.51. The van der Waals surface area contributed by atoms with Crippen molar-refractivity contribution < 1.29 is 14.3 Å². The number of carbonyl (C=O) groups excluding carboxylic acids is 1. The number of hydrogen-bond acceptors (Lipinski definition) is 5. The lowest BCUT2D eigenvalue weighted by molar-refractivity contribution is -0.140. The van der Waals surface area contributed by atoms with Gasteiger partial charge in [0.15, 0.2) is 0 Å². The maximum atomic E-state index is 13.6. The van der Waals surface area contributed by atoms with E-state index in [2.05, 4.69) is 28.0 Å². The Labute approximate surface area is 188 Å². The molecule has 0 saturated carbocycles. The first-order valence-corrected chi connectivity index (χ1v) is 11.3. The van der Waals surface area contributed by atoms with Crippen molar-refractivity contribution in [1.82, 2.24) is 4.90 Å². The van der Waals surface area contributed by atoms with E-state index in [-0.39, 0.29) is 17.9 Å². The van der Waals surface area contributed by atoms with Gasteiger partial charge in [-0.2, -0.15) is 0 Å². The van der Waals surface area contributed by atoms with E-state index in [4.69, 9.17) is 21.1 Å². The lowest BCUT2D eigenvalue weighted by Gasteiger charge is -2.50. The number of hydrogen-bond donors (Lipinski definition) is 0. The second kappa shape index (κ2) is 8.60. The molecule has 0 aromatic heterocycles. The van der Waals surface area contributed by atoms with Gasteiger partial charge in [0.1, 0.15) is 5.75 Å². The number of methoxy groups -OCH3 is 1. The summed E-state index contributed by atoms with van der Waals surface area (Å²) in [5.74, 6) is 0.994. The molecule has 2 aromatic carbocycles. The van der Waals surface area contributed by atoms with Gasteiger partial charge >= 0.3 is 0 Å². The summed E-state index contributed by atoms with van der Waals surface area (Å²) in [6.07, 6.45) is 0.743. The third kappa shape index (κ3) is 3.83. The average molecular weight is 442 g/mol. The smallest absolute Gasteiger partial charge is 0.228 e. The fourth-order valence-corrected chi connectivity index (χ4v) is 5.39. The zero-order chi connectivity index (χ0) is 21.4. The molecule has 31 heavy (non-hydrogen) atoms. The molecule has 3 aliphatic heterocycles. The van der Waals surface area contributed by atoms with E-state index in [0.29, 0.717) is 26.3 Å². The van der Waals surface area contributed by atoms with Gasteiger partial charge in [0.2, 0.25) is 5.91 Å². The van der Waals surface area contributed by atoms with Crippen LogP contribution in [0.25, 0.3) is 0 Å². The highest BCUT2D eigenvalue weighted by molar-refractivity contribution is 6.33. The predicted octanol–water partition coefficient (Wildman–Crippen LogP) is 3.07. The van der Waals surface area contributed by atoms with Crippen molar-refractivity contribution >= 4 is 28.9 Å². The lowest BCUT2D eigenvalue weighted by Crippen LogP contribution is -2.62. The summed E-state index contributed by atoms with van der Waals surface area (Å²) in [6, 6.07) is 14.3. The first-order chi connectivity index (χ1) is 15.2. The molecular weight excluding hydrogens is 414 g/mol. The second-order valence-corrected chi connectivity index (χ2v) is 8.81. The van der Waals surface area contributed by atoms with E-state index in [1.165, 1.54) is 11.3 Å². The van der Waals surface area contributed by atoms with E-state index >= 15 is 0 Å². The molecule has 2 saturated heterocycles. The Bertz CT molecular complexity index is 963. The largest absolute Gasteiger partial charge is 0.497 e. The number of carbonyl (C=O) groups is 1. The second-order valence-electron chi connectivity index (χ2n) is 8.40. The molecule has 0 N–H and O–H groups in total. The van der Waals surface area contributed by atoms with Crippen LogP contribution in [0, 0.1) is 5.92 Å². The van der Waals surface area contributed by atoms with Gasteiger partial charge in [-0.25, -0.2) is 0 Å². The van der Waals surface area contributed by atoms with Crippen molar-refractivity contribution in [3.63, 3.8) is 0 Å². The van der Waals surface area contributed by atoms with Crippen LogP contribution in [0.2, 0.25) is 5.02 Å². The standard InChI is InChI=1S/C24H28ClN3O3/c1-30-18-7-6-17-14-19(24(29)26-10-12-31-13-11-26)23-16-27(8-9-28(23)22(17)15-18)21-5-3-2-4-20(21)25/h2-7,15,19,23H,8-14,16H2,1H3. The Hall–Kier alpha value is -2.44. The minimum atomic E-state index is -0.0933. The van der Waals surface area contributed by atoms with Crippen molar-refractivity contribution in [2.24, 2.45) is 5.92 Å². The molecule has 2 aromatic rings. The number of rotatable bonds is 3. The number of benzene rings is 2. The number of para-hydroxylation sites is 1. The minimum absolute atomic E-state index is 0.0833. The van der Waals surface area contributed by atoms with Crippen LogP contribution in [-0.2, 0) is 16.0 Å². The SMILES string of the molecule is COc1ccc2c(c1)N1CCN(c3ccccc3Cl)CC1C(C(=O)N1CCOCC1)C2. The third-order valence-corrected chi connectivity index (χ3v) is 7.08. The third-order valence-electron chi connectivity index (χ3n) is 6.76. The molecule has 3 aliphatic rings. The molecule has 0 radical (unpaired) electrons. The Morgan fingerprint density at radius 3 is 2.65 bits per heavy atom. The highest BCUT2D eigenvalue weighted by Gasteiger charge is 2.43. The van der Waals surface area contributed by atoms with Crippen molar-refractivity contribution in [2.45, 2.75) is 12.5 Å². The Kier molecular flexibility index (Phi) is 5.67. The van der Waals surface area contributed by atoms with Gasteiger partial charge in [0, 0.05) is 44.5 Å². The molecule has 5 rings (SSSR count). The molecule has 2 fully saturated rings. The van der Waals surface area contributed by atoms with E-state index < -0.39 is 0 Å². The van der Waals surface area contributed by atoms with Gasteiger partial charge in [-0.15, -0.1) is 0 Å². The number of nitrogens with zero attached hydrogens (tertiary/aromatic N) is 3. The van der Waals surface area contributed by atoms with Gasteiger partial charge in [-0.05, 0) is 30.2 Å². The lowest BCUT2D eigenvalue weighted by atomic mass is 9.82. The number of halogens is 1. The van der Waals surface area contributed by atoms with Crippen LogP contribution in [0.5, 0.6) is 5.75 Å². The number of anilines is 2. The fourth-order valence-electron chi connectivity index (χ4n) is 5.13. The minimum Gasteiger partial charge on any atom is -0.497 e. The van der Waals surface area contributed by atoms with Crippen LogP contribution >= 0.6 is 11.6 Å². The topological polar surface area (TPSA) is 45.2 Å². The maximum absolute atomic E-state index is 13.6. The molecule has 2 unspecified atom stereocenters. The van der Waals surface area contributed by atoms with E-state index in [1.54, 1.807) is 7.11 Å². The van der Waals surface area contributed by atoms with Crippen molar-refractivity contribution in [3.8, 4) is 5.75 Å². The van der Waals surface area contributed by atoms with Crippen LogP contribution < -0.4 is 14.5 Å². The maximum Gasteiger partial charge on any atom is 0.228 e. The van der Waals surface area contributed by atoms with Gasteiger partial charge in [-0.1, -0.05) is 29.8 Å². The monoisotopic (exact) mass is 441 g/mol. The van der Waals surface area contributed by atoms with E-state index in [1.807, 2.05) is 29.2 Å². The molecular formula is C24H28ClN3O3. The number of ether oxygens (including phenoxy) is 2. The highest BCUT2D eigenvalue weighted by Crippen LogP contribution is 2.40. The van der Waals surface area contributed by atoms with E-state index in [0.717, 1.165) is 42.5 Å². The van der Waals surface area contributed by atoms with Gasteiger partial charge < -0.3 is 24.2 Å². The highest BCUT2D eigenvalue weighted by atomic mass is 35.5. The summed E-state index contributed by atoms with van der Waals surface area (Å²) in [7, 11) is 1.70. The van der Waals surface area contributed by atoms with Crippen molar-refractivity contribution in [3.05, 3.63) is 53.1 Å². The molecule has 0 spiro atoms. The first kappa shape index (κ1) is 20.5. The summed E-state index contributed by atoms with van der Waals surface area (Å²) in [5, 5.41) is 0.755. The zero-order valence-electron chi connectivity index (χ0n) is 17.8. The zero-order valence-corrected chi connectivity index (χ0v) is 18.6. The average Bonchev–Trinajstić information content (AvgIpc) is 2.83. The predicted molar refractivity (Wildman–Crippen MR) is 122 cm³/mol. The molecule has 0 aliphatic carbocycles. The number of morpholine rings is 1. The molecule has 2 atom stereocenters. The molecule has 7 heteroatoms. The molecule has 3 heterocycles.